The van der Waals surface area contributed by atoms with E-state index in [1.807, 2.05) is 0 Å². The normalized spacial score (nSPS) is 26.6. The molecule has 2 atom stereocenters. The van der Waals surface area contributed by atoms with Crippen molar-refractivity contribution in [3.05, 3.63) is 0 Å². The molecule has 2 rings (SSSR count). The van der Waals surface area contributed by atoms with Gasteiger partial charge in [0, 0.05) is 32.6 Å². The average molecular weight is 282 g/mol. The lowest BCUT2D eigenvalue weighted by Gasteiger charge is -2.35. The van der Waals surface area contributed by atoms with E-state index in [-0.39, 0.29) is 30.2 Å². The summed E-state index contributed by atoms with van der Waals surface area (Å²) in [6.45, 7) is 3.37. The Morgan fingerprint density at radius 2 is 1.85 bits per heavy atom. The zero-order valence-corrected chi connectivity index (χ0v) is 11.9. The molecule has 6 nitrogen and oxygen atoms in total. The van der Waals surface area contributed by atoms with Crippen molar-refractivity contribution < 1.29 is 19.5 Å². The lowest BCUT2D eigenvalue weighted by Crippen LogP contribution is -2.47. The van der Waals surface area contributed by atoms with Crippen LogP contribution >= 0.6 is 0 Å². The monoisotopic (exact) mass is 282 g/mol. The maximum atomic E-state index is 12.6. The van der Waals surface area contributed by atoms with Gasteiger partial charge in [-0.2, -0.15) is 0 Å². The third-order valence-corrected chi connectivity index (χ3v) is 4.29. The first-order valence-corrected chi connectivity index (χ1v) is 7.27. The second-order valence-electron chi connectivity index (χ2n) is 5.73. The van der Waals surface area contributed by atoms with Gasteiger partial charge in [-0.05, 0) is 25.7 Å². The summed E-state index contributed by atoms with van der Waals surface area (Å²) in [7, 11) is 0. The van der Waals surface area contributed by atoms with Crippen molar-refractivity contribution in [2.24, 2.45) is 5.92 Å². The zero-order valence-electron chi connectivity index (χ0n) is 11.9. The van der Waals surface area contributed by atoms with E-state index < -0.39 is 5.97 Å². The van der Waals surface area contributed by atoms with Crippen LogP contribution in [0.1, 0.15) is 39.0 Å². The van der Waals surface area contributed by atoms with Crippen LogP contribution in [0.25, 0.3) is 0 Å². The number of piperidine rings is 1. The number of carboxylic acid groups (broad SMARTS) is 1. The van der Waals surface area contributed by atoms with Gasteiger partial charge in [0.25, 0.3) is 0 Å². The highest BCUT2D eigenvalue weighted by Gasteiger charge is 2.36. The van der Waals surface area contributed by atoms with Crippen molar-refractivity contribution in [2.75, 3.05) is 19.6 Å². The van der Waals surface area contributed by atoms with E-state index in [2.05, 4.69) is 0 Å². The molecule has 20 heavy (non-hydrogen) atoms. The molecule has 0 aromatic carbocycles. The van der Waals surface area contributed by atoms with E-state index in [1.165, 1.54) is 6.92 Å². The maximum absolute atomic E-state index is 12.6. The lowest BCUT2D eigenvalue weighted by molar-refractivity contribution is -0.143. The number of carboxylic acids is 1. The number of rotatable bonds is 3. The molecule has 2 fully saturated rings. The quantitative estimate of drug-likeness (QED) is 0.827. The molecule has 2 aliphatic rings. The number of nitrogens with zero attached hydrogens (tertiary/aromatic N) is 2. The van der Waals surface area contributed by atoms with Crippen molar-refractivity contribution in [1.82, 2.24) is 9.80 Å². The molecule has 2 amide bonds. The van der Waals surface area contributed by atoms with Crippen molar-refractivity contribution >= 4 is 17.8 Å². The van der Waals surface area contributed by atoms with E-state index in [4.69, 9.17) is 5.11 Å². The van der Waals surface area contributed by atoms with Gasteiger partial charge in [-0.3, -0.25) is 14.4 Å². The van der Waals surface area contributed by atoms with E-state index in [0.717, 1.165) is 32.2 Å². The first-order chi connectivity index (χ1) is 9.49. The fourth-order valence-electron chi connectivity index (χ4n) is 3.24. The third-order valence-electron chi connectivity index (χ3n) is 4.29. The van der Waals surface area contributed by atoms with Gasteiger partial charge in [0.2, 0.25) is 11.8 Å². The zero-order chi connectivity index (χ0) is 14.7. The van der Waals surface area contributed by atoms with Crippen molar-refractivity contribution in [2.45, 2.75) is 45.1 Å². The number of hydrogen-bond donors (Lipinski definition) is 1. The smallest absolute Gasteiger partial charge is 0.305 e. The van der Waals surface area contributed by atoms with Crippen LogP contribution in [0.4, 0.5) is 0 Å². The summed E-state index contributed by atoms with van der Waals surface area (Å²) >= 11 is 0. The Morgan fingerprint density at radius 3 is 2.50 bits per heavy atom. The Balaban J connectivity index is 1.99. The minimum atomic E-state index is -0.858. The standard InChI is InChI=1S/C14H22N2O4/c1-10(17)15-6-2-4-11(9-15)14(20)16-7-3-5-12(16)8-13(18)19/h11-12H,2-9H2,1H3,(H,18,19). The second kappa shape index (κ2) is 6.24. The van der Waals surface area contributed by atoms with Gasteiger partial charge in [0.05, 0.1) is 12.3 Å². The Bertz CT molecular complexity index is 410. The second-order valence-corrected chi connectivity index (χ2v) is 5.73. The Kier molecular flexibility index (Phi) is 4.62. The largest absolute Gasteiger partial charge is 0.481 e. The molecular weight excluding hydrogens is 260 g/mol. The molecule has 0 spiro atoms. The third kappa shape index (κ3) is 3.29. The predicted molar refractivity (Wildman–Crippen MR) is 72.0 cm³/mol. The highest BCUT2D eigenvalue weighted by Crippen LogP contribution is 2.26. The van der Waals surface area contributed by atoms with Crippen molar-refractivity contribution in [1.29, 1.82) is 0 Å². The van der Waals surface area contributed by atoms with Gasteiger partial charge in [-0.15, -0.1) is 0 Å². The minimum Gasteiger partial charge on any atom is -0.481 e. The Morgan fingerprint density at radius 1 is 1.15 bits per heavy atom. The van der Waals surface area contributed by atoms with Crippen LogP contribution in [0.2, 0.25) is 0 Å². The molecule has 2 heterocycles. The van der Waals surface area contributed by atoms with Gasteiger partial charge < -0.3 is 14.9 Å². The molecule has 2 unspecified atom stereocenters. The van der Waals surface area contributed by atoms with E-state index in [0.29, 0.717) is 13.1 Å². The van der Waals surface area contributed by atoms with E-state index in [1.54, 1.807) is 9.80 Å². The molecule has 112 valence electrons. The van der Waals surface area contributed by atoms with Crippen LogP contribution in [0.15, 0.2) is 0 Å². The molecule has 0 saturated carbocycles. The number of carbonyl (C=O) groups is 3. The first-order valence-electron chi connectivity index (χ1n) is 7.27. The predicted octanol–water partition coefficient (Wildman–Crippen LogP) is 0.711. The van der Waals surface area contributed by atoms with Crippen molar-refractivity contribution in [3.63, 3.8) is 0 Å². The number of likely N-dealkylation sites (tertiary alicyclic amines) is 2. The van der Waals surface area contributed by atoms with E-state index in [9.17, 15) is 14.4 Å². The van der Waals surface area contributed by atoms with Gasteiger partial charge in [0.1, 0.15) is 0 Å². The lowest BCUT2D eigenvalue weighted by atomic mass is 9.96. The molecule has 0 aliphatic carbocycles. The molecule has 2 saturated heterocycles. The molecule has 0 aromatic heterocycles. The minimum absolute atomic E-state index is 0.00556. The summed E-state index contributed by atoms with van der Waals surface area (Å²) in [6, 6.07) is -0.173. The fourth-order valence-corrected chi connectivity index (χ4v) is 3.24. The van der Waals surface area contributed by atoms with Gasteiger partial charge in [-0.1, -0.05) is 0 Å². The summed E-state index contributed by atoms with van der Waals surface area (Å²) < 4.78 is 0. The van der Waals surface area contributed by atoms with Crippen LogP contribution in [0.5, 0.6) is 0 Å². The molecule has 0 radical (unpaired) electrons. The van der Waals surface area contributed by atoms with Gasteiger partial charge >= 0.3 is 5.97 Å². The van der Waals surface area contributed by atoms with Gasteiger partial charge in [-0.25, -0.2) is 0 Å². The molecule has 1 N–H and O–H groups in total. The SMILES string of the molecule is CC(=O)N1CCCC(C(=O)N2CCCC2CC(=O)O)C1. The average Bonchev–Trinajstić information content (AvgIpc) is 2.85. The summed E-state index contributed by atoms with van der Waals surface area (Å²) in [6.07, 6.45) is 3.29. The summed E-state index contributed by atoms with van der Waals surface area (Å²) in [5.41, 5.74) is 0. The van der Waals surface area contributed by atoms with Crippen LogP contribution in [0.3, 0.4) is 0 Å². The highest BCUT2D eigenvalue weighted by atomic mass is 16.4. The summed E-state index contributed by atoms with van der Waals surface area (Å²) in [5.74, 6) is -0.989. The molecule has 0 aromatic rings. The summed E-state index contributed by atoms with van der Waals surface area (Å²) in [4.78, 5) is 38.3. The first kappa shape index (κ1) is 14.8. The molecular formula is C14H22N2O4. The van der Waals surface area contributed by atoms with Crippen LogP contribution in [-0.2, 0) is 14.4 Å². The fraction of sp³-hybridized carbons (Fsp3) is 0.786. The topological polar surface area (TPSA) is 77.9 Å². The van der Waals surface area contributed by atoms with Crippen LogP contribution < -0.4 is 0 Å². The number of carbonyl (C=O) groups excluding carboxylic acids is 2. The van der Waals surface area contributed by atoms with Crippen LogP contribution in [-0.4, -0.2) is 58.4 Å². The number of amides is 2. The summed E-state index contributed by atoms with van der Waals surface area (Å²) in [5, 5.41) is 8.91. The Hall–Kier alpha value is -1.59. The molecule has 0 bridgehead atoms. The number of hydrogen-bond acceptors (Lipinski definition) is 3. The molecule has 2 aliphatic heterocycles. The van der Waals surface area contributed by atoms with Crippen LogP contribution in [0, 0.1) is 5.92 Å². The van der Waals surface area contributed by atoms with Crippen molar-refractivity contribution in [3.8, 4) is 0 Å². The highest BCUT2D eigenvalue weighted by molar-refractivity contribution is 5.82. The van der Waals surface area contributed by atoms with E-state index >= 15 is 0 Å². The maximum Gasteiger partial charge on any atom is 0.305 e. The van der Waals surface area contributed by atoms with Gasteiger partial charge in [0.15, 0.2) is 0 Å². The Labute approximate surface area is 118 Å². The number of aliphatic carboxylic acids is 1. The molecule has 6 heteroatoms.